The number of aromatic nitrogens is 4. The molecular formula is C31H40N8O4S. The van der Waals surface area contributed by atoms with Crippen LogP contribution in [0.1, 0.15) is 50.7 Å². The van der Waals surface area contributed by atoms with E-state index in [9.17, 15) is 13.2 Å². The van der Waals surface area contributed by atoms with E-state index in [0.717, 1.165) is 38.0 Å². The Morgan fingerprint density at radius 1 is 1.07 bits per heavy atom. The first-order valence-electron chi connectivity index (χ1n) is 14.9. The number of piperidine rings is 1. The molecule has 0 atom stereocenters. The molecule has 12 nitrogen and oxygen atoms in total. The van der Waals surface area contributed by atoms with Gasteiger partial charge in [0.05, 0.1) is 41.4 Å². The van der Waals surface area contributed by atoms with Gasteiger partial charge in [-0.1, -0.05) is 19.1 Å². The maximum atomic E-state index is 13.1. The first-order chi connectivity index (χ1) is 21.1. The number of amides is 1. The number of fused-ring (bicyclic) bond motifs is 1. The van der Waals surface area contributed by atoms with Crippen LogP contribution in [0.15, 0.2) is 53.6 Å². The second-order valence-corrected chi connectivity index (χ2v) is 13.6. The molecule has 1 fully saturated rings. The number of anilines is 4. The Labute approximate surface area is 258 Å². The molecule has 3 heterocycles. The number of hydrogen-bond acceptors (Lipinski definition) is 10. The van der Waals surface area contributed by atoms with Gasteiger partial charge in [-0.2, -0.15) is 19.6 Å². The molecule has 1 aliphatic rings. The molecule has 2 aromatic heterocycles. The number of likely N-dealkylation sites (N-methyl/N-ethyl adjacent to an activating group) is 1. The monoisotopic (exact) mass is 620 g/mol. The quantitative estimate of drug-likeness (QED) is 0.220. The number of rotatable bonds is 11. The number of methoxy groups -OCH3 is 1. The average Bonchev–Trinajstić information content (AvgIpc) is 3.49. The maximum absolute atomic E-state index is 13.1. The largest absolute Gasteiger partial charge is 0.495 e. The summed E-state index contributed by atoms with van der Waals surface area (Å²) in [6.45, 7) is 9.99. The predicted molar refractivity (Wildman–Crippen MR) is 171 cm³/mol. The zero-order valence-corrected chi connectivity index (χ0v) is 26.6. The van der Waals surface area contributed by atoms with E-state index in [0.29, 0.717) is 47.1 Å². The lowest BCUT2D eigenvalue weighted by Gasteiger charge is -2.33. The van der Waals surface area contributed by atoms with Crippen molar-refractivity contribution in [2.24, 2.45) is 0 Å². The lowest BCUT2D eigenvalue weighted by molar-refractivity contribution is -0.131. The summed E-state index contributed by atoms with van der Waals surface area (Å²) in [6, 6.07) is 12.6. The van der Waals surface area contributed by atoms with Crippen LogP contribution in [0.5, 0.6) is 5.75 Å². The molecule has 0 saturated carbocycles. The van der Waals surface area contributed by atoms with Crippen LogP contribution in [0.25, 0.3) is 5.65 Å². The van der Waals surface area contributed by atoms with Crippen LogP contribution in [0.4, 0.5) is 23.3 Å². The SMILES string of the molecule is CCNCC(=O)N1CCC(c2cc(OC)c(Nc3nc(Nc4ccccc4S(=O)(=O)C(C)C)n4nccc4n3)cc2C)CC1. The van der Waals surface area contributed by atoms with Gasteiger partial charge in [-0.3, -0.25) is 4.79 Å². The summed E-state index contributed by atoms with van der Waals surface area (Å²) in [5, 5.41) is 13.3. The van der Waals surface area contributed by atoms with E-state index >= 15 is 0 Å². The Morgan fingerprint density at radius 3 is 2.52 bits per heavy atom. The van der Waals surface area contributed by atoms with Gasteiger partial charge in [0, 0.05) is 19.2 Å². The van der Waals surface area contributed by atoms with Crippen molar-refractivity contribution in [2.45, 2.75) is 56.6 Å². The topological polar surface area (TPSA) is 143 Å². The van der Waals surface area contributed by atoms with Crippen molar-refractivity contribution in [1.29, 1.82) is 0 Å². The number of benzene rings is 2. The van der Waals surface area contributed by atoms with Crippen molar-refractivity contribution in [3.63, 3.8) is 0 Å². The highest BCUT2D eigenvalue weighted by molar-refractivity contribution is 7.92. The molecule has 0 bridgehead atoms. The summed E-state index contributed by atoms with van der Waals surface area (Å²) in [5.41, 5.74) is 3.92. The highest BCUT2D eigenvalue weighted by Gasteiger charge is 2.26. The number of carbonyl (C=O) groups is 1. The average molecular weight is 621 g/mol. The van der Waals surface area contributed by atoms with E-state index in [1.54, 1.807) is 57.5 Å². The summed E-state index contributed by atoms with van der Waals surface area (Å²) in [6.07, 6.45) is 3.38. The number of sulfone groups is 1. The molecule has 0 aliphatic carbocycles. The molecule has 4 aromatic rings. The first kappa shape index (κ1) is 31.2. The van der Waals surface area contributed by atoms with Gasteiger partial charge in [0.2, 0.25) is 17.8 Å². The lowest BCUT2D eigenvalue weighted by atomic mass is 9.86. The van der Waals surface area contributed by atoms with Gasteiger partial charge in [0.25, 0.3) is 0 Å². The molecule has 1 aliphatic heterocycles. The Morgan fingerprint density at radius 2 is 1.82 bits per heavy atom. The molecule has 0 spiro atoms. The maximum Gasteiger partial charge on any atom is 0.236 e. The fraction of sp³-hybridized carbons (Fsp3) is 0.419. The Balaban J connectivity index is 1.40. The third-order valence-corrected chi connectivity index (χ3v) is 10.2. The molecule has 0 unspecified atom stereocenters. The number of carbonyl (C=O) groups excluding carboxylic acids is 1. The van der Waals surface area contributed by atoms with Gasteiger partial charge in [-0.25, -0.2) is 8.42 Å². The summed E-state index contributed by atoms with van der Waals surface area (Å²) in [5.74, 6) is 1.71. The van der Waals surface area contributed by atoms with Crippen molar-refractivity contribution < 1.29 is 17.9 Å². The van der Waals surface area contributed by atoms with Gasteiger partial charge < -0.3 is 25.6 Å². The molecule has 1 saturated heterocycles. The summed E-state index contributed by atoms with van der Waals surface area (Å²) in [7, 11) is -1.93. The van der Waals surface area contributed by atoms with Gasteiger partial charge in [-0.15, -0.1) is 0 Å². The number of ether oxygens (including phenoxy) is 1. The molecule has 2 aromatic carbocycles. The minimum Gasteiger partial charge on any atom is -0.495 e. The standard InChI is InChI=1S/C31H40N8O4S/c1-6-32-19-29(40)38-15-12-22(13-16-38)23-18-26(43-5)25(17-21(23)4)34-30-36-28-11-14-33-39(28)31(37-30)35-24-9-7-8-10-27(24)44(41,42)20(2)3/h7-11,14,17-18,20,22,32H,6,12-13,15-16,19H2,1-5H3,(H2,34,35,36,37). The number of nitrogens with one attached hydrogen (secondary N) is 3. The van der Waals surface area contributed by atoms with Gasteiger partial charge in [0.1, 0.15) is 5.75 Å². The molecular weight excluding hydrogens is 580 g/mol. The minimum absolute atomic E-state index is 0.146. The number of hydrogen-bond donors (Lipinski definition) is 3. The summed E-state index contributed by atoms with van der Waals surface area (Å²) < 4.78 is 33.4. The highest BCUT2D eigenvalue weighted by Crippen LogP contribution is 2.37. The number of likely N-dealkylation sites (tertiary alicyclic amines) is 1. The number of nitrogens with zero attached hydrogens (tertiary/aromatic N) is 5. The van der Waals surface area contributed by atoms with Crippen LogP contribution < -0.4 is 20.7 Å². The number of aryl methyl sites for hydroxylation is 1. The molecule has 44 heavy (non-hydrogen) atoms. The minimum atomic E-state index is -3.55. The zero-order valence-electron chi connectivity index (χ0n) is 25.8. The van der Waals surface area contributed by atoms with Crippen LogP contribution in [0.2, 0.25) is 0 Å². The van der Waals surface area contributed by atoms with Crippen LogP contribution in [0, 0.1) is 6.92 Å². The molecule has 0 radical (unpaired) electrons. The molecule has 234 valence electrons. The molecule has 13 heteroatoms. The smallest absolute Gasteiger partial charge is 0.236 e. The van der Waals surface area contributed by atoms with Gasteiger partial charge in [-0.05, 0) is 81.5 Å². The zero-order chi connectivity index (χ0) is 31.4. The van der Waals surface area contributed by atoms with Crippen molar-refractivity contribution in [3.05, 3.63) is 59.8 Å². The summed E-state index contributed by atoms with van der Waals surface area (Å²) >= 11 is 0. The van der Waals surface area contributed by atoms with Crippen LogP contribution in [-0.2, 0) is 14.6 Å². The lowest BCUT2D eigenvalue weighted by Crippen LogP contribution is -2.42. The third kappa shape index (κ3) is 6.48. The van der Waals surface area contributed by atoms with Gasteiger partial charge >= 0.3 is 0 Å². The second kappa shape index (κ2) is 13.2. The van der Waals surface area contributed by atoms with Crippen molar-refractivity contribution in [2.75, 3.05) is 43.9 Å². The first-order valence-corrected chi connectivity index (χ1v) is 16.4. The van der Waals surface area contributed by atoms with E-state index in [1.165, 1.54) is 10.1 Å². The van der Waals surface area contributed by atoms with Gasteiger partial charge in [0.15, 0.2) is 15.5 Å². The van der Waals surface area contributed by atoms with Crippen molar-refractivity contribution in [1.82, 2.24) is 29.8 Å². The molecule has 3 N–H and O–H groups in total. The van der Waals surface area contributed by atoms with Crippen molar-refractivity contribution in [3.8, 4) is 5.75 Å². The van der Waals surface area contributed by atoms with Crippen LogP contribution >= 0.6 is 0 Å². The van der Waals surface area contributed by atoms with Crippen LogP contribution in [0.3, 0.4) is 0 Å². The fourth-order valence-electron chi connectivity index (χ4n) is 5.47. The summed E-state index contributed by atoms with van der Waals surface area (Å²) in [4.78, 5) is 23.9. The normalized spacial score (nSPS) is 14.3. The van der Waals surface area contributed by atoms with E-state index in [4.69, 9.17) is 4.74 Å². The molecule has 1 amide bonds. The van der Waals surface area contributed by atoms with E-state index in [2.05, 4.69) is 44.0 Å². The molecule has 5 rings (SSSR count). The van der Waals surface area contributed by atoms with E-state index < -0.39 is 15.1 Å². The third-order valence-electron chi connectivity index (χ3n) is 7.96. The Kier molecular flexibility index (Phi) is 9.35. The van der Waals surface area contributed by atoms with E-state index in [-0.39, 0.29) is 10.8 Å². The highest BCUT2D eigenvalue weighted by atomic mass is 32.2. The second-order valence-electron chi connectivity index (χ2n) is 11.2. The fourth-order valence-corrected chi connectivity index (χ4v) is 6.67. The number of para-hydroxylation sites is 1. The van der Waals surface area contributed by atoms with E-state index in [1.807, 2.05) is 17.9 Å². The van der Waals surface area contributed by atoms with Crippen LogP contribution in [-0.4, -0.2) is 77.3 Å². The Hall–Kier alpha value is -4.23. The predicted octanol–water partition coefficient (Wildman–Crippen LogP) is 4.43. The van der Waals surface area contributed by atoms with Crippen molar-refractivity contribution >= 4 is 44.7 Å². The Bertz CT molecular complexity index is 1750.